The van der Waals surface area contributed by atoms with E-state index in [0.717, 1.165) is 55.2 Å². The largest absolute Gasteiger partial charge is 0.372 e. The summed E-state index contributed by atoms with van der Waals surface area (Å²) in [5.41, 5.74) is 2.89. The lowest BCUT2D eigenvalue weighted by Gasteiger charge is -2.36. The van der Waals surface area contributed by atoms with Crippen LogP contribution in [-0.4, -0.2) is 51.7 Å². The molecular weight excluding hydrogens is 342 g/mol. The fourth-order valence-electron chi connectivity index (χ4n) is 4.06. The van der Waals surface area contributed by atoms with Gasteiger partial charge in [0.2, 0.25) is 0 Å². The van der Waals surface area contributed by atoms with Gasteiger partial charge in [0.25, 0.3) is 5.56 Å². The molecule has 7 heteroatoms. The Morgan fingerprint density at radius 1 is 1.26 bits per heavy atom. The van der Waals surface area contributed by atoms with Crippen molar-refractivity contribution in [3.63, 3.8) is 0 Å². The maximum Gasteiger partial charge on any atom is 0.255 e. The quantitative estimate of drug-likeness (QED) is 0.887. The highest BCUT2D eigenvalue weighted by Gasteiger charge is 2.24. The van der Waals surface area contributed by atoms with E-state index in [-0.39, 0.29) is 17.8 Å². The number of fused-ring (bicyclic) bond motifs is 1. The van der Waals surface area contributed by atoms with Crippen LogP contribution in [0.1, 0.15) is 36.5 Å². The minimum atomic E-state index is -0.00812. The molecule has 0 saturated carbocycles. The molecule has 7 nitrogen and oxygen atoms in total. The molecule has 1 saturated heterocycles. The fraction of sp³-hybridized carbons (Fsp3) is 0.550. The number of hydrogen-bond donors (Lipinski definition) is 1. The number of H-pyrrole nitrogens is 1. The van der Waals surface area contributed by atoms with Crippen LogP contribution in [0.5, 0.6) is 0 Å². The summed E-state index contributed by atoms with van der Waals surface area (Å²) in [5.74, 6) is 1.69. The Labute approximate surface area is 159 Å². The predicted octanol–water partition coefficient (Wildman–Crippen LogP) is 1.65. The molecule has 2 aromatic rings. The monoisotopic (exact) mass is 369 g/mol. The molecule has 27 heavy (non-hydrogen) atoms. The van der Waals surface area contributed by atoms with E-state index in [4.69, 9.17) is 4.74 Å². The Hall–Kier alpha value is -2.25. The first-order valence-electron chi connectivity index (χ1n) is 9.64. The first-order chi connectivity index (χ1) is 13.0. The zero-order valence-corrected chi connectivity index (χ0v) is 16.2. The van der Waals surface area contributed by atoms with E-state index in [0.29, 0.717) is 12.4 Å². The number of morpholine rings is 1. The number of pyridine rings is 1. The van der Waals surface area contributed by atoms with Gasteiger partial charge in [-0.25, -0.2) is 9.97 Å². The van der Waals surface area contributed by atoms with Crippen molar-refractivity contribution in [2.75, 3.05) is 24.5 Å². The van der Waals surface area contributed by atoms with E-state index in [1.54, 1.807) is 0 Å². The fourth-order valence-corrected chi connectivity index (χ4v) is 4.06. The second-order valence-electron chi connectivity index (χ2n) is 7.72. The molecule has 2 aliphatic heterocycles. The van der Waals surface area contributed by atoms with Gasteiger partial charge < -0.3 is 14.6 Å². The van der Waals surface area contributed by atoms with E-state index >= 15 is 0 Å². The number of aromatic nitrogens is 3. The molecular formula is C20H27N5O2. The predicted molar refractivity (Wildman–Crippen MR) is 104 cm³/mol. The first-order valence-corrected chi connectivity index (χ1v) is 9.64. The number of nitrogens with zero attached hydrogens (tertiary/aromatic N) is 4. The highest BCUT2D eigenvalue weighted by molar-refractivity contribution is 5.40. The second-order valence-corrected chi connectivity index (χ2v) is 7.72. The normalized spacial score (nSPS) is 23.3. The summed E-state index contributed by atoms with van der Waals surface area (Å²) in [7, 11) is 0. The van der Waals surface area contributed by atoms with Crippen molar-refractivity contribution in [2.24, 2.45) is 0 Å². The molecule has 0 bridgehead atoms. The summed E-state index contributed by atoms with van der Waals surface area (Å²) in [5, 5.41) is 0. The summed E-state index contributed by atoms with van der Waals surface area (Å²) in [6.45, 7) is 10.1. The average Bonchev–Trinajstić information content (AvgIpc) is 2.62. The SMILES string of the molecule is Cc1nc2c(c(=O)[nH]1)CN(Cc1ccc(N3CC(C)OC(C)C3)nc1)CC2. The Kier molecular flexibility index (Phi) is 4.97. The van der Waals surface area contributed by atoms with Gasteiger partial charge in [0.05, 0.1) is 23.5 Å². The van der Waals surface area contributed by atoms with E-state index < -0.39 is 0 Å². The zero-order valence-electron chi connectivity index (χ0n) is 16.2. The molecule has 0 aromatic carbocycles. The second kappa shape index (κ2) is 7.40. The third-order valence-electron chi connectivity index (χ3n) is 5.22. The summed E-state index contributed by atoms with van der Waals surface area (Å²) < 4.78 is 5.80. The minimum Gasteiger partial charge on any atom is -0.372 e. The van der Waals surface area contributed by atoms with Crippen LogP contribution in [0, 0.1) is 6.92 Å². The Balaban J connectivity index is 1.42. The van der Waals surface area contributed by atoms with Crippen LogP contribution < -0.4 is 10.5 Å². The number of aromatic amines is 1. The summed E-state index contributed by atoms with van der Waals surface area (Å²) in [4.78, 5) is 28.7. The lowest BCUT2D eigenvalue weighted by molar-refractivity contribution is -0.00546. The molecule has 0 amide bonds. The minimum absolute atomic E-state index is 0.00812. The first kappa shape index (κ1) is 18.1. The molecule has 2 aromatic heterocycles. The van der Waals surface area contributed by atoms with Crippen molar-refractivity contribution in [3.8, 4) is 0 Å². The molecule has 1 N–H and O–H groups in total. The third-order valence-corrected chi connectivity index (χ3v) is 5.22. The van der Waals surface area contributed by atoms with Crippen molar-refractivity contribution in [2.45, 2.75) is 52.5 Å². The lowest BCUT2D eigenvalue weighted by Crippen LogP contribution is -2.45. The number of hydrogen-bond acceptors (Lipinski definition) is 6. The number of ether oxygens (including phenoxy) is 1. The van der Waals surface area contributed by atoms with Gasteiger partial charge in [-0.3, -0.25) is 9.69 Å². The van der Waals surface area contributed by atoms with E-state index in [1.807, 2.05) is 13.1 Å². The number of aryl methyl sites for hydroxylation is 1. The molecule has 1 fully saturated rings. The average molecular weight is 369 g/mol. The van der Waals surface area contributed by atoms with Crippen LogP contribution in [-0.2, 0) is 24.2 Å². The van der Waals surface area contributed by atoms with E-state index in [2.05, 4.69) is 50.7 Å². The Bertz CT molecular complexity index is 854. The van der Waals surface area contributed by atoms with Gasteiger partial charge in [-0.15, -0.1) is 0 Å². The van der Waals surface area contributed by atoms with Gasteiger partial charge in [0, 0.05) is 45.3 Å². The molecule has 2 atom stereocenters. The van der Waals surface area contributed by atoms with E-state index in [1.165, 1.54) is 0 Å². The third kappa shape index (κ3) is 4.04. The Morgan fingerprint density at radius 2 is 2.04 bits per heavy atom. The van der Waals surface area contributed by atoms with Crippen molar-refractivity contribution in [1.29, 1.82) is 0 Å². The molecule has 2 aliphatic rings. The van der Waals surface area contributed by atoms with Crippen LogP contribution in [0.4, 0.5) is 5.82 Å². The molecule has 144 valence electrons. The molecule has 0 spiro atoms. The highest BCUT2D eigenvalue weighted by Crippen LogP contribution is 2.20. The van der Waals surface area contributed by atoms with Crippen LogP contribution in [0.3, 0.4) is 0 Å². The smallest absolute Gasteiger partial charge is 0.255 e. The van der Waals surface area contributed by atoms with Crippen LogP contribution in [0.2, 0.25) is 0 Å². The van der Waals surface area contributed by atoms with Gasteiger partial charge in [-0.1, -0.05) is 6.07 Å². The van der Waals surface area contributed by atoms with Gasteiger partial charge >= 0.3 is 0 Å². The number of nitrogens with one attached hydrogen (secondary N) is 1. The molecule has 0 radical (unpaired) electrons. The zero-order chi connectivity index (χ0) is 19.0. The lowest BCUT2D eigenvalue weighted by atomic mass is 10.1. The van der Waals surface area contributed by atoms with Crippen LogP contribution in [0.15, 0.2) is 23.1 Å². The molecule has 4 heterocycles. The van der Waals surface area contributed by atoms with Gasteiger partial charge in [0.1, 0.15) is 11.6 Å². The number of rotatable bonds is 3. The van der Waals surface area contributed by atoms with Crippen molar-refractivity contribution >= 4 is 5.82 Å². The van der Waals surface area contributed by atoms with Crippen molar-refractivity contribution in [1.82, 2.24) is 19.9 Å². The summed E-state index contributed by atoms with van der Waals surface area (Å²) in [6.07, 6.45) is 3.21. The molecule has 0 aliphatic carbocycles. The highest BCUT2D eigenvalue weighted by atomic mass is 16.5. The maximum absolute atomic E-state index is 12.2. The Morgan fingerprint density at radius 3 is 2.74 bits per heavy atom. The number of anilines is 1. The standard InChI is InChI=1S/C20H27N5O2/c1-13-9-25(10-14(2)27-13)19-5-4-16(8-21-19)11-24-7-6-18-17(12-24)20(26)23-15(3)22-18/h4-5,8,13-14H,6-7,9-12H2,1-3H3,(H,22,23,26). The van der Waals surface area contributed by atoms with E-state index in [9.17, 15) is 4.79 Å². The summed E-state index contributed by atoms with van der Waals surface area (Å²) in [6, 6.07) is 4.23. The maximum atomic E-state index is 12.2. The van der Waals surface area contributed by atoms with Crippen LogP contribution >= 0.6 is 0 Å². The van der Waals surface area contributed by atoms with Gasteiger partial charge in [-0.2, -0.15) is 0 Å². The van der Waals surface area contributed by atoms with Gasteiger partial charge in [-0.05, 0) is 32.4 Å². The van der Waals surface area contributed by atoms with Crippen LogP contribution in [0.25, 0.3) is 0 Å². The van der Waals surface area contributed by atoms with Crippen molar-refractivity contribution in [3.05, 3.63) is 51.3 Å². The van der Waals surface area contributed by atoms with Crippen molar-refractivity contribution < 1.29 is 4.74 Å². The molecule has 2 unspecified atom stereocenters. The van der Waals surface area contributed by atoms with Gasteiger partial charge in [0.15, 0.2) is 0 Å². The summed E-state index contributed by atoms with van der Waals surface area (Å²) >= 11 is 0. The topological polar surface area (TPSA) is 74.4 Å². The molecule has 4 rings (SSSR count).